The largest absolute Gasteiger partial charge is 0.336 e. The monoisotopic (exact) mass is 362 g/mol. The summed E-state index contributed by atoms with van der Waals surface area (Å²) in [7, 11) is -3.57. The van der Waals surface area contributed by atoms with E-state index in [4.69, 9.17) is 0 Å². The fourth-order valence-electron chi connectivity index (χ4n) is 2.70. The third kappa shape index (κ3) is 3.77. The second-order valence-corrected chi connectivity index (χ2v) is 7.61. The normalized spacial score (nSPS) is 16.4. The first-order chi connectivity index (χ1) is 12.0. The lowest BCUT2D eigenvalue weighted by atomic mass is 10.3. The Morgan fingerprint density at radius 1 is 1.00 bits per heavy atom. The maximum absolute atomic E-state index is 12.7. The predicted octanol–water partition coefficient (Wildman–Crippen LogP) is 0.307. The summed E-state index contributed by atoms with van der Waals surface area (Å²) < 4.78 is 26.8. The van der Waals surface area contributed by atoms with Crippen molar-refractivity contribution in [2.75, 3.05) is 26.2 Å². The van der Waals surface area contributed by atoms with E-state index in [9.17, 15) is 18.0 Å². The fourth-order valence-corrected chi connectivity index (χ4v) is 4.20. The van der Waals surface area contributed by atoms with Gasteiger partial charge in [0.05, 0.1) is 4.90 Å². The van der Waals surface area contributed by atoms with Crippen LogP contribution in [-0.2, 0) is 10.0 Å². The molecule has 25 heavy (non-hydrogen) atoms. The zero-order valence-corrected chi connectivity index (χ0v) is 14.3. The molecule has 1 aliphatic rings. The molecule has 0 aliphatic carbocycles. The average molecular weight is 362 g/mol. The quantitative estimate of drug-likeness (QED) is 0.846. The summed E-state index contributed by atoms with van der Waals surface area (Å²) in [5.41, 5.74) is -0.244. The highest BCUT2D eigenvalue weighted by molar-refractivity contribution is 7.89. The Balaban J connectivity index is 1.73. The van der Waals surface area contributed by atoms with E-state index in [2.05, 4.69) is 10.2 Å². The summed E-state index contributed by atoms with van der Waals surface area (Å²) in [6.07, 6.45) is 0.529. The van der Waals surface area contributed by atoms with Gasteiger partial charge < -0.3 is 4.90 Å². The lowest BCUT2D eigenvalue weighted by Crippen LogP contribution is -2.37. The van der Waals surface area contributed by atoms with Gasteiger partial charge in [0.15, 0.2) is 0 Å². The number of nitrogens with one attached hydrogen (secondary N) is 1. The molecule has 1 aliphatic heterocycles. The van der Waals surface area contributed by atoms with E-state index in [0.29, 0.717) is 19.5 Å². The van der Waals surface area contributed by atoms with Crippen molar-refractivity contribution < 1.29 is 13.2 Å². The number of hydrogen-bond acceptors (Lipinski definition) is 5. The van der Waals surface area contributed by atoms with Crippen molar-refractivity contribution in [2.45, 2.75) is 11.3 Å². The van der Waals surface area contributed by atoms with Crippen molar-refractivity contribution >= 4 is 15.9 Å². The van der Waals surface area contributed by atoms with E-state index >= 15 is 0 Å². The first-order valence-electron chi connectivity index (χ1n) is 7.89. The van der Waals surface area contributed by atoms with Gasteiger partial charge in [-0.1, -0.05) is 18.2 Å². The smallest absolute Gasteiger partial charge is 0.274 e. The van der Waals surface area contributed by atoms with Crippen LogP contribution in [0.3, 0.4) is 0 Å². The zero-order chi connectivity index (χ0) is 17.9. The molecular formula is C16H18N4O4S. The topological polar surface area (TPSA) is 103 Å². The minimum Gasteiger partial charge on any atom is -0.336 e. The van der Waals surface area contributed by atoms with Crippen molar-refractivity contribution in [3.8, 4) is 0 Å². The Labute approximate surface area is 145 Å². The molecule has 1 aromatic heterocycles. The van der Waals surface area contributed by atoms with Crippen LogP contribution in [0, 0.1) is 0 Å². The van der Waals surface area contributed by atoms with E-state index in [1.165, 1.54) is 16.4 Å². The summed E-state index contributed by atoms with van der Waals surface area (Å²) in [5, 5.41) is 5.97. The first-order valence-corrected chi connectivity index (χ1v) is 9.33. The summed E-state index contributed by atoms with van der Waals surface area (Å²) in [5.74, 6) is -0.324. The molecule has 1 saturated heterocycles. The maximum atomic E-state index is 12.7. The summed E-state index contributed by atoms with van der Waals surface area (Å²) in [6.45, 7) is 1.26. The number of carbonyl (C=O) groups is 1. The molecule has 0 unspecified atom stereocenters. The Kier molecular flexibility index (Phi) is 4.95. The molecule has 2 aromatic rings. The van der Waals surface area contributed by atoms with Crippen LogP contribution in [0.25, 0.3) is 0 Å². The van der Waals surface area contributed by atoms with Crippen molar-refractivity contribution in [2.24, 2.45) is 0 Å². The van der Waals surface area contributed by atoms with Crippen molar-refractivity contribution in [3.63, 3.8) is 0 Å². The van der Waals surface area contributed by atoms with Gasteiger partial charge in [-0.2, -0.15) is 9.40 Å². The molecule has 8 nitrogen and oxygen atoms in total. The maximum Gasteiger partial charge on any atom is 0.274 e. The van der Waals surface area contributed by atoms with Crippen LogP contribution in [0.4, 0.5) is 0 Å². The van der Waals surface area contributed by atoms with Gasteiger partial charge in [-0.25, -0.2) is 13.5 Å². The molecule has 132 valence electrons. The predicted molar refractivity (Wildman–Crippen MR) is 90.6 cm³/mol. The number of H-pyrrole nitrogens is 1. The molecule has 3 rings (SSSR count). The highest BCUT2D eigenvalue weighted by atomic mass is 32.2. The van der Waals surface area contributed by atoms with Crippen LogP contribution < -0.4 is 5.56 Å². The number of amides is 1. The lowest BCUT2D eigenvalue weighted by Gasteiger charge is -2.21. The van der Waals surface area contributed by atoms with Gasteiger partial charge in [0.2, 0.25) is 10.0 Å². The molecule has 0 atom stereocenters. The molecular weight excluding hydrogens is 344 g/mol. The van der Waals surface area contributed by atoms with Gasteiger partial charge in [0, 0.05) is 32.2 Å². The number of carbonyl (C=O) groups excluding carboxylic acids is 1. The molecule has 1 amide bonds. The molecule has 1 aromatic carbocycles. The lowest BCUT2D eigenvalue weighted by molar-refractivity contribution is 0.0757. The van der Waals surface area contributed by atoms with Crippen LogP contribution in [-0.4, -0.2) is 59.9 Å². The number of aromatic amines is 1. The highest BCUT2D eigenvalue weighted by Crippen LogP contribution is 2.17. The molecule has 1 fully saturated rings. The molecule has 0 radical (unpaired) electrons. The second-order valence-electron chi connectivity index (χ2n) is 5.67. The Morgan fingerprint density at radius 2 is 1.76 bits per heavy atom. The minimum atomic E-state index is -3.57. The van der Waals surface area contributed by atoms with Gasteiger partial charge in [0.1, 0.15) is 5.69 Å². The van der Waals surface area contributed by atoms with Crippen LogP contribution in [0.1, 0.15) is 16.9 Å². The van der Waals surface area contributed by atoms with Crippen molar-refractivity contribution in [1.29, 1.82) is 0 Å². The van der Waals surface area contributed by atoms with Crippen LogP contribution in [0.2, 0.25) is 0 Å². The molecule has 0 saturated carbocycles. The number of nitrogens with zero attached hydrogens (tertiary/aromatic N) is 3. The number of benzene rings is 1. The SMILES string of the molecule is O=C(c1ccc(=O)[nH]n1)N1CCCN(S(=O)(=O)c2ccccc2)CC1. The number of aromatic nitrogens is 2. The first kappa shape index (κ1) is 17.3. The molecule has 9 heteroatoms. The van der Waals surface area contributed by atoms with Gasteiger partial charge in [-0.15, -0.1) is 0 Å². The highest BCUT2D eigenvalue weighted by Gasteiger charge is 2.28. The third-order valence-corrected chi connectivity index (χ3v) is 5.93. The zero-order valence-electron chi connectivity index (χ0n) is 13.5. The Morgan fingerprint density at radius 3 is 2.44 bits per heavy atom. The molecule has 2 heterocycles. The van der Waals surface area contributed by atoms with Gasteiger partial charge in [-0.05, 0) is 24.6 Å². The van der Waals surface area contributed by atoms with Gasteiger partial charge in [0.25, 0.3) is 11.5 Å². The van der Waals surface area contributed by atoms with E-state index in [0.717, 1.165) is 0 Å². The Hall–Kier alpha value is -2.52. The summed E-state index contributed by atoms with van der Waals surface area (Å²) >= 11 is 0. The van der Waals surface area contributed by atoms with Crippen molar-refractivity contribution in [3.05, 3.63) is 58.5 Å². The average Bonchev–Trinajstić information content (AvgIpc) is 2.89. The van der Waals surface area contributed by atoms with E-state index < -0.39 is 10.0 Å². The summed E-state index contributed by atoms with van der Waals surface area (Å²) in [4.78, 5) is 25.3. The van der Waals surface area contributed by atoms with Crippen molar-refractivity contribution in [1.82, 2.24) is 19.4 Å². The fraction of sp³-hybridized carbons (Fsp3) is 0.312. The third-order valence-electron chi connectivity index (χ3n) is 4.02. The van der Waals surface area contributed by atoms with Crippen LogP contribution >= 0.6 is 0 Å². The van der Waals surface area contributed by atoms with E-state index in [-0.39, 0.29) is 35.1 Å². The van der Waals surface area contributed by atoms with Gasteiger partial charge in [-0.3, -0.25) is 9.59 Å². The molecule has 0 spiro atoms. The Bertz CT molecular complexity index is 891. The van der Waals surface area contributed by atoms with E-state index in [1.807, 2.05) is 0 Å². The second kappa shape index (κ2) is 7.16. The summed E-state index contributed by atoms with van der Waals surface area (Å²) in [6, 6.07) is 10.9. The van der Waals surface area contributed by atoms with E-state index in [1.54, 1.807) is 35.2 Å². The minimum absolute atomic E-state index is 0.138. The number of rotatable bonds is 3. The standard InChI is InChI=1S/C16H18N4O4S/c21-15-8-7-14(17-18-15)16(22)19-9-4-10-20(12-11-19)25(23,24)13-5-2-1-3-6-13/h1-3,5-8H,4,9-12H2,(H,18,21). The van der Waals surface area contributed by atoms with Gasteiger partial charge >= 0.3 is 0 Å². The van der Waals surface area contributed by atoms with Crippen LogP contribution in [0.15, 0.2) is 52.2 Å². The number of hydrogen-bond donors (Lipinski definition) is 1. The molecule has 1 N–H and O–H groups in total. The molecule has 0 bridgehead atoms. The van der Waals surface area contributed by atoms with Crippen LogP contribution in [0.5, 0.6) is 0 Å². The number of sulfonamides is 1.